The molecule has 4 heteroatoms. The van der Waals surface area contributed by atoms with Gasteiger partial charge in [0.2, 0.25) is 0 Å². The van der Waals surface area contributed by atoms with Crippen LogP contribution in [0.1, 0.15) is 28.8 Å². The number of hydrogen-bond donors (Lipinski definition) is 1. The van der Waals surface area contributed by atoms with E-state index in [-0.39, 0.29) is 17.8 Å². The number of hydrogen-bond acceptors (Lipinski definition) is 2. The molecule has 17 heavy (non-hydrogen) atoms. The number of nitrogens with two attached hydrogens (primary N) is 1. The molecular formula is C13H17FN2O. The van der Waals surface area contributed by atoms with Gasteiger partial charge in [0.15, 0.2) is 0 Å². The first-order valence-corrected chi connectivity index (χ1v) is 5.90. The first-order valence-electron chi connectivity index (χ1n) is 5.90. The van der Waals surface area contributed by atoms with E-state index in [0.29, 0.717) is 17.7 Å². The van der Waals surface area contributed by atoms with Crippen LogP contribution in [0.25, 0.3) is 0 Å². The minimum absolute atomic E-state index is 0.104. The van der Waals surface area contributed by atoms with E-state index in [0.717, 1.165) is 19.4 Å². The zero-order valence-electron chi connectivity index (χ0n) is 9.95. The molecule has 1 heterocycles. The molecule has 1 aromatic rings. The van der Waals surface area contributed by atoms with Crippen LogP contribution in [-0.2, 0) is 0 Å². The lowest BCUT2D eigenvalue weighted by Gasteiger charge is -2.23. The van der Waals surface area contributed by atoms with E-state index in [9.17, 15) is 9.18 Å². The average Bonchev–Trinajstić information content (AvgIpc) is 2.80. The van der Waals surface area contributed by atoms with Crippen LogP contribution in [0.5, 0.6) is 0 Å². The Kier molecular flexibility index (Phi) is 3.43. The third kappa shape index (κ3) is 2.31. The molecule has 2 N–H and O–H groups in total. The van der Waals surface area contributed by atoms with Crippen molar-refractivity contribution in [1.29, 1.82) is 0 Å². The number of rotatable bonds is 2. The monoisotopic (exact) mass is 236 g/mol. The second-order valence-electron chi connectivity index (χ2n) is 4.49. The van der Waals surface area contributed by atoms with Gasteiger partial charge < -0.3 is 10.6 Å². The number of aryl methyl sites for hydroxylation is 1. The summed E-state index contributed by atoms with van der Waals surface area (Å²) in [6, 6.07) is 4.72. The molecule has 1 fully saturated rings. The van der Waals surface area contributed by atoms with Gasteiger partial charge in [0.05, 0.1) is 0 Å². The van der Waals surface area contributed by atoms with E-state index >= 15 is 0 Å². The minimum atomic E-state index is -0.334. The third-order valence-corrected chi connectivity index (χ3v) is 3.33. The van der Waals surface area contributed by atoms with Crippen LogP contribution < -0.4 is 5.73 Å². The summed E-state index contributed by atoms with van der Waals surface area (Å²) in [7, 11) is 0. The van der Waals surface area contributed by atoms with Crippen LogP contribution >= 0.6 is 0 Å². The van der Waals surface area contributed by atoms with Crippen LogP contribution in [0.15, 0.2) is 18.2 Å². The third-order valence-electron chi connectivity index (χ3n) is 3.33. The quantitative estimate of drug-likeness (QED) is 0.849. The van der Waals surface area contributed by atoms with Gasteiger partial charge in [0, 0.05) is 24.7 Å². The number of amides is 1. The molecular weight excluding hydrogens is 219 g/mol. The largest absolute Gasteiger partial charge is 0.334 e. The van der Waals surface area contributed by atoms with Gasteiger partial charge in [0.25, 0.3) is 5.91 Å². The Labute approximate surface area is 100 Å². The van der Waals surface area contributed by atoms with E-state index in [4.69, 9.17) is 5.73 Å². The maximum Gasteiger partial charge on any atom is 0.254 e. The summed E-state index contributed by atoms with van der Waals surface area (Å²) >= 11 is 0. The van der Waals surface area contributed by atoms with Gasteiger partial charge in [-0.3, -0.25) is 4.79 Å². The highest BCUT2D eigenvalue weighted by Crippen LogP contribution is 2.20. The van der Waals surface area contributed by atoms with Gasteiger partial charge in [0.1, 0.15) is 5.82 Å². The molecule has 0 aliphatic carbocycles. The van der Waals surface area contributed by atoms with Crippen LogP contribution in [0.2, 0.25) is 0 Å². The molecule has 3 nitrogen and oxygen atoms in total. The summed E-state index contributed by atoms with van der Waals surface area (Å²) in [5.41, 5.74) is 6.59. The smallest absolute Gasteiger partial charge is 0.254 e. The molecule has 0 aromatic heterocycles. The van der Waals surface area contributed by atoms with Crippen molar-refractivity contribution in [2.75, 3.05) is 13.1 Å². The number of benzene rings is 1. The van der Waals surface area contributed by atoms with Gasteiger partial charge in [-0.05, 0) is 37.5 Å². The van der Waals surface area contributed by atoms with Gasteiger partial charge in [-0.2, -0.15) is 0 Å². The van der Waals surface area contributed by atoms with Gasteiger partial charge in [-0.15, -0.1) is 0 Å². The summed E-state index contributed by atoms with van der Waals surface area (Å²) in [5, 5.41) is 0. The highest BCUT2D eigenvalue weighted by atomic mass is 19.1. The predicted molar refractivity (Wildman–Crippen MR) is 64.2 cm³/mol. The molecule has 0 saturated carbocycles. The molecule has 1 atom stereocenters. The van der Waals surface area contributed by atoms with Gasteiger partial charge >= 0.3 is 0 Å². The lowest BCUT2D eigenvalue weighted by Crippen LogP contribution is -2.39. The van der Waals surface area contributed by atoms with E-state index in [2.05, 4.69) is 0 Å². The number of carbonyl (C=O) groups is 1. The second-order valence-corrected chi connectivity index (χ2v) is 4.49. The van der Waals surface area contributed by atoms with Crippen LogP contribution in [0.3, 0.4) is 0 Å². The molecule has 92 valence electrons. The summed E-state index contributed by atoms with van der Waals surface area (Å²) in [6.07, 6.45) is 1.92. The van der Waals surface area contributed by atoms with Crippen molar-refractivity contribution in [2.45, 2.75) is 25.8 Å². The van der Waals surface area contributed by atoms with Gasteiger partial charge in [-0.25, -0.2) is 4.39 Å². The molecule has 1 aromatic carbocycles. The maximum atomic E-state index is 13.4. The molecule has 0 spiro atoms. The fraction of sp³-hybridized carbons (Fsp3) is 0.462. The molecule has 1 saturated heterocycles. The molecule has 0 bridgehead atoms. The average molecular weight is 236 g/mol. The van der Waals surface area contributed by atoms with E-state index < -0.39 is 0 Å². The fourth-order valence-corrected chi connectivity index (χ4v) is 2.24. The molecule has 1 aliphatic rings. The Morgan fingerprint density at radius 1 is 1.59 bits per heavy atom. The normalized spacial score (nSPS) is 19.7. The van der Waals surface area contributed by atoms with Crippen molar-refractivity contribution in [2.24, 2.45) is 5.73 Å². The van der Waals surface area contributed by atoms with Crippen molar-refractivity contribution in [3.63, 3.8) is 0 Å². The van der Waals surface area contributed by atoms with E-state index in [1.165, 1.54) is 6.07 Å². The van der Waals surface area contributed by atoms with Crippen molar-refractivity contribution < 1.29 is 9.18 Å². The van der Waals surface area contributed by atoms with Crippen molar-refractivity contribution in [3.05, 3.63) is 35.1 Å². The number of halogens is 1. The fourth-order valence-electron chi connectivity index (χ4n) is 2.24. The molecule has 0 radical (unpaired) electrons. The highest BCUT2D eigenvalue weighted by molar-refractivity contribution is 5.94. The van der Waals surface area contributed by atoms with Crippen LogP contribution in [0.4, 0.5) is 4.39 Å². The first kappa shape index (κ1) is 12.0. The Bertz CT molecular complexity index is 433. The lowest BCUT2D eigenvalue weighted by molar-refractivity contribution is 0.0740. The zero-order valence-corrected chi connectivity index (χ0v) is 9.95. The van der Waals surface area contributed by atoms with Crippen molar-refractivity contribution in [1.82, 2.24) is 4.90 Å². The second kappa shape index (κ2) is 4.84. The molecule has 1 unspecified atom stereocenters. The predicted octanol–water partition coefficient (Wildman–Crippen LogP) is 1.70. The first-order chi connectivity index (χ1) is 8.13. The molecule has 1 aliphatic heterocycles. The highest BCUT2D eigenvalue weighted by Gasteiger charge is 2.28. The van der Waals surface area contributed by atoms with E-state index in [1.54, 1.807) is 24.0 Å². The summed E-state index contributed by atoms with van der Waals surface area (Å²) in [6.45, 7) is 2.87. The minimum Gasteiger partial charge on any atom is -0.334 e. The topological polar surface area (TPSA) is 46.3 Å². The Morgan fingerprint density at radius 3 is 3.00 bits per heavy atom. The maximum absolute atomic E-state index is 13.4. The zero-order chi connectivity index (χ0) is 12.4. The van der Waals surface area contributed by atoms with Crippen molar-refractivity contribution in [3.8, 4) is 0 Å². The summed E-state index contributed by atoms with van der Waals surface area (Å²) in [5.74, 6) is -0.448. The van der Waals surface area contributed by atoms with E-state index in [1.807, 2.05) is 0 Å². The lowest BCUT2D eigenvalue weighted by atomic mass is 10.1. The van der Waals surface area contributed by atoms with Crippen molar-refractivity contribution >= 4 is 5.91 Å². The SMILES string of the molecule is Cc1ccc(C(=O)N2CCCC2CN)cc1F. The van der Waals surface area contributed by atoms with Crippen LogP contribution in [0, 0.1) is 12.7 Å². The number of nitrogens with zero attached hydrogens (tertiary/aromatic N) is 1. The Balaban J connectivity index is 2.21. The summed E-state index contributed by atoms with van der Waals surface area (Å²) in [4.78, 5) is 13.9. The molecule has 2 rings (SSSR count). The van der Waals surface area contributed by atoms with Crippen LogP contribution in [-0.4, -0.2) is 29.9 Å². The Hall–Kier alpha value is -1.42. The summed E-state index contributed by atoms with van der Waals surface area (Å²) < 4.78 is 13.4. The Morgan fingerprint density at radius 2 is 2.35 bits per heavy atom. The number of likely N-dealkylation sites (tertiary alicyclic amines) is 1. The van der Waals surface area contributed by atoms with Gasteiger partial charge in [-0.1, -0.05) is 6.07 Å². The number of carbonyl (C=O) groups excluding carboxylic acids is 1. The molecule has 1 amide bonds. The standard InChI is InChI=1S/C13H17FN2O/c1-9-4-5-10(7-12(9)14)13(17)16-6-2-3-11(16)8-15/h4-5,7,11H,2-3,6,8,15H2,1H3.